The summed E-state index contributed by atoms with van der Waals surface area (Å²) in [5.41, 5.74) is 0. The first kappa shape index (κ1) is 58.3. The van der Waals surface area contributed by atoms with Gasteiger partial charge in [-0.2, -0.15) is 0 Å². The molecule has 1 atom stereocenters. The lowest BCUT2D eigenvalue weighted by Crippen LogP contribution is -2.30. The maximum Gasteiger partial charge on any atom is 0.306 e. The van der Waals surface area contributed by atoms with Crippen molar-refractivity contribution < 1.29 is 28.6 Å². The Morgan fingerprint density at radius 3 is 1.02 bits per heavy atom. The minimum Gasteiger partial charge on any atom is -0.462 e. The number of carbonyl (C=O) groups excluding carboxylic acids is 3. The molecular weight excluding hydrogens is 769 g/mol. The maximum atomic E-state index is 12.8. The van der Waals surface area contributed by atoms with E-state index in [2.05, 4.69) is 118 Å². The number of carbonyl (C=O) groups is 3. The summed E-state index contributed by atoms with van der Waals surface area (Å²) < 4.78 is 16.7. The van der Waals surface area contributed by atoms with Gasteiger partial charge in [-0.15, -0.1) is 0 Å². The fourth-order valence-electron chi connectivity index (χ4n) is 6.46. The average Bonchev–Trinajstić information content (AvgIpc) is 3.27. The van der Waals surface area contributed by atoms with Crippen LogP contribution in [0, 0.1) is 0 Å². The highest BCUT2D eigenvalue weighted by Crippen LogP contribution is 2.13. The van der Waals surface area contributed by atoms with Crippen LogP contribution in [0.3, 0.4) is 0 Å². The third-order valence-corrected chi connectivity index (χ3v) is 10.3. The summed E-state index contributed by atoms with van der Waals surface area (Å²) in [5, 5.41) is 0. The minimum absolute atomic E-state index is 0.0997. The molecule has 0 aromatic carbocycles. The van der Waals surface area contributed by atoms with Gasteiger partial charge in [0, 0.05) is 19.3 Å². The predicted molar refractivity (Wildman–Crippen MR) is 265 cm³/mol. The molecule has 0 aromatic heterocycles. The number of esters is 3. The predicted octanol–water partition coefficient (Wildman–Crippen LogP) is 16.6. The van der Waals surface area contributed by atoms with E-state index < -0.39 is 6.10 Å². The second-order valence-corrected chi connectivity index (χ2v) is 16.3. The molecule has 0 aliphatic carbocycles. The number of hydrogen-bond donors (Lipinski definition) is 0. The molecule has 352 valence electrons. The molecule has 62 heavy (non-hydrogen) atoms. The molecule has 0 aliphatic rings. The van der Waals surface area contributed by atoms with E-state index in [9.17, 15) is 14.4 Å². The Kier molecular flexibility index (Phi) is 47.0. The Bertz CT molecular complexity index is 1260. The van der Waals surface area contributed by atoms with E-state index in [1.165, 1.54) is 44.9 Å². The van der Waals surface area contributed by atoms with Crippen molar-refractivity contribution in [1.29, 1.82) is 0 Å². The summed E-state index contributed by atoms with van der Waals surface area (Å²) in [6, 6.07) is 0. The highest BCUT2D eigenvalue weighted by atomic mass is 16.6. The number of allylic oxidation sites excluding steroid dienone is 16. The van der Waals surface area contributed by atoms with Crippen LogP contribution in [0.25, 0.3) is 0 Å². The van der Waals surface area contributed by atoms with Crippen LogP contribution in [0.5, 0.6) is 0 Å². The van der Waals surface area contributed by atoms with Gasteiger partial charge in [0.25, 0.3) is 0 Å². The molecule has 0 radical (unpaired) electrons. The van der Waals surface area contributed by atoms with E-state index >= 15 is 0 Å². The Balaban J connectivity index is 4.47. The van der Waals surface area contributed by atoms with E-state index in [0.29, 0.717) is 19.3 Å². The lowest BCUT2D eigenvalue weighted by atomic mass is 10.1. The molecule has 0 aliphatic heterocycles. The summed E-state index contributed by atoms with van der Waals surface area (Å²) in [6.07, 6.45) is 65.3. The van der Waals surface area contributed by atoms with E-state index in [-0.39, 0.29) is 31.1 Å². The summed E-state index contributed by atoms with van der Waals surface area (Å²) in [4.78, 5) is 37.9. The highest BCUT2D eigenvalue weighted by molar-refractivity contribution is 5.71. The van der Waals surface area contributed by atoms with Crippen molar-refractivity contribution in [3.63, 3.8) is 0 Å². The third-order valence-electron chi connectivity index (χ3n) is 10.3. The first-order valence-electron chi connectivity index (χ1n) is 25.2. The van der Waals surface area contributed by atoms with E-state index in [0.717, 1.165) is 135 Å². The molecule has 0 rings (SSSR count). The fraction of sp³-hybridized carbons (Fsp3) is 0.661. The Labute approximate surface area is 381 Å². The molecule has 0 heterocycles. The molecule has 0 amide bonds. The minimum atomic E-state index is -0.801. The summed E-state index contributed by atoms with van der Waals surface area (Å²) in [7, 11) is 0. The van der Waals surface area contributed by atoms with Gasteiger partial charge in [-0.25, -0.2) is 0 Å². The van der Waals surface area contributed by atoms with E-state index in [4.69, 9.17) is 14.2 Å². The van der Waals surface area contributed by atoms with Gasteiger partial charge < -0.3 is 14.2 Å². The van der Waals surface area contributed by atoms with Crippen LogP contribution in [0.4, 0.5) is 0 Å². The number of ether oxygens (including phenoxy) is 3. The third kappa shape index (κ3) is 47.4. The van der Waals surface area contributed by atoms with Crippen molar-refractivity contribution in [3.05, 3.63) is 97.2 Å². The molecule has 0 saturated heterocycles. The number of hydrogen-bond acceptors (Lipinski definition) is 6. The zero-order valence-corrected chi connectivity index (χ0v) is 40.1. The van der Waals surface area contributed by atoms with Gasteiger partial charge in [0.15, 0.2) is 6.10 Å². The van der Waals surface area contributed by atoms with Gasteiger partial charge >= 0.3 is 17.9 Å². The van der Waals surface area contributed by atoms with Gasteiger partial charge in [0.1, 0.15) is 13.2 Å². The second kappa shape index (κ2) is 50.0. The lowest BCUT2D eigenvalue weighted by molar-refractivity contribution is -0.167. The van der Waals surface area contributed by atoms with Crippen molar-refractivity contribution in [2.45, 2.75) is 226 Å². The average molecular weight is 861 g/mol. The van der Waals surface area contributed by atoms with Crippen molar-refractivity contribution in [2.75, 3.05) is 13.2 Å². The van der Waals surface area contributed by atoms with Gasteiger partial charge in [0.05, 0.1) is 0 Å². The topological polar surface area (TPSA) is 78.9 Å². The van der Waals surface area contributed by atoms with Gasteiger partial charge in [-0.05, 0) is 109 Å². The molecule has 6 heteroatoms. The van der Waals surface area contributed by atoms with Crippen LogP contribution in [0.2, 0.25) is 0 Å². The summed E-state index contributed by atoms with van der Waals surface area (Å²) in [6.45, 7) is 6.38. The fourth-order valence-corrected chi connectivity index (χ4v) is 6.46. The van der Waals surface area contributed by atoms with E-state index in [1.807, 2.05) is 0 Å². The van der Waals surface area contributed by atoms with Crippen LogP contribution in [-0.2, 0) is 28.6 Å². The SMILES string of the molecule is CC/C=C\C/C=C\C/C=C\C/C=C\C/C=C\CCCCCC(=O)OCC(COC(=O)CCCCCCC/C=C\CCCC)OC(=O)CCCCCCC/C=C\C/C=C\CCCC. The van der Waals surface area contributed by atoms with Crippen LogP contribution < -0.4 is 0 Å². The molecule has 0 saturated carbocycles. The normalized spacial score (nSPS) is 12.9. The molecule has 0 spiro atoms. The first-order valence-corrected chi connectivity index (χ1v) is 25.2. The molecule has 0 bridgehead atoms. The summed E-state index contributed by atoms with van der Waals surface area (Å²) >= 11 is 0. The maximum absolute atomic E-state index is 12.8. The smallest absolute Gasteiger partial charge is 0.306 e. The van der Waals surface area contributed by atoms with Gasteiger partial charge in [-0.3, -0.25) is 14.4 Å². The largest absolute Gasteiger partial charge is 0.462 e. The van der Waals surface area contributed by atoms with Gasteiger partial charge in [0.2, 0.25) is 0 Å². The zero-order chi connectivity index (χ0) is 45.1. The molecular formula is C56H92O6. The number of unbranched alkanes of at least 4 members (excludes halogenated alkanes) is 17. The molecule has 0 N–H and O–H groups in total. The Morgan fingerprint density at radius 2 is 0.629 bits per heavy atom. The number of rotatable bonds is 44. The quantitative estimate of drug-likeness (QED) is 0.0263. The molecule has 6 nitrogen and oxygen atoms in total. The Hall–Kier alpha value is -3.67. The monoisotopic (exact) mass is 861 g/mol. The highest BCUT2D eigenvalue weighted by Gasteiger charge is 2.19. The van der Waals surface area contributed by atoms with Crippen LogP contribution in [0.15, 0.2) is 97.2 Å². The van der Waals surface area contributed by atoms with Gasteiger partial charge in [-0.1, -0.05) is 189 Å². The van der Waals surface area contributed by atoms with Crippen LogP contribution in [0.1, 0.15) is 220 Å². The van der Waals surface area contributed by atoms with Crippen molar-refractivity contribution >= 4 is 17.9 Å². The van der Waals surface area contributed by atoms with Crippen molar-refractivity contribution in [1.82, 2.24) is 0 Å². The zero-order valence-electron chi connectivity index (χ0n) is 40.1. The Morgan fingerprint density at radius 1 is 0.339 bits per heavy atom. The summed E-state index contributed by atoms with van der Waals surface area (Å²) in [5.74, 6) is -0.962. The molecule has 0 fully saturated rings. The van der Waals surface area contributed by atoms with E-state index in [1.54, 1.807) is 0 Å². The standard InChI is InChI=1S/C56H92O6/c1-4-7-10-13-16-19-22-24-26-27-28-29-30-32-34-37-40-43-46-49-55(58)61-52-53(51-60-54(57)48-45-42-39-36-33-21-18-15-12-9-6-3)62-56(59)50-47-44-41-38-35-31-25-23-20-17-14-11-8-5-2/h7,10,14-19,23-26,28-29,32,34,53H,4-6,8-9,11-13,20-22,27,30-31,33,35-52H2,1-3H3/b10-7-,17-14-,18-15-,19-16-,25-23-,26-24-,29-28-,34-32-. The molecule has 0 aromatic rings. The van der Waals surface area contributed by atoms with Crippen LogP contribution >= 0.6 is 0 Å². The first-order chi connectivity index (χ1) is 30.5. The second-order valence-electron chi connectivity index (χ2n) is 16.3. The molecule has 1 unspecified atom stereocenters. The lowest BCUT2D eigenvalue weighted by Gasteiger charge is -2.18. The van der Waals surface area contributed by atoms with Crippen LogP contribution in [-0.4, -0.2) is 37.2 Å². The van der Waals surface area contributed by atoms with Crippen molar-refractivity contribution in [3.8, 4) is 0 Å². The van der Waals surface area contributed by atoms with Crippen molar-refractivity contribution in [2.24, 2.45) is 0 Å².